The summed E-state index contributed by atoms with van der Waals surface area (Å²) in [5, 5.41) is 17.3. The summed E-state index contributed by atoms with van der Waals surface area (Å²) in [4.78, 5) is 91.0. The van der Waals surface area contributed by atoms with Gasteiger partial charge in [0.05, 0.1) is 11.1 Å². The van der Waals surface area contributed by atoms with Crippen LogP contribution in [0.1, 0.15) is 59.2 Å². The van der Waals surface area contributed by atoms with Crippen LogP contribution in [0, 0.1) is 0 Å². The molecule has 0 bridgehead atoms. The molecular weight excluding hydrogens is 680 g/mol. The van der Waals surface area contributed by atoms with E-state index in [0.29, 0.717) is 35.8 Å². The first-order valence-electron chi connectivity index (χ1n) is 17.3. The third-order valence-electron chi connectivity index (χ3n) is 8.79. The minimum atomic E-state index is -1.02. The second-order valence-electron chi connectivity index (χ2n) is 12.6. The Bertz CT molecular complexity index is 2110. The Kier molecular flexibility index (Phi) is 11.2. The van der Waals surface area contributed by atoms with E-state index in [4.69, 9.17) is 0 Å². The van der Waals surface area contributed by atoms with Crippen molar-refractivity contribution < 1.29 is 33.6 Å². The van der Waals surface area contributed by atoms with E-state index < -0.39 is 47.5 Å². The van der Waals surface area contributed by atoms with Crippen LogP contribution in [0.2, 0.25) is 0 Å². The van der Waals surface area contributed by atoms with Crippen molar-refractivity contribution in [3.63, 3.8) is 0 Å². The number of rotatable bonds is 14. The number of fused-ring (bicyclic) bond motifs is 2. The summed E-state index contributed by atoms with van der Waals surface area (Å²) in [6.45, 7) is 0.973. The molecule has 0 saturated carbocycles. The van der Waals surface area contributed by atoms with E-state index in [2.05, 4.69) is 36.9 Å². The van der Waals surface area contributed by atoms with Gasteiger partial charge in [0.1, 0.15) is 6.04 Å². The SMILES string of the molecule is O=C(/C=C/C(=O)Nc1ccc(NC(=O)Nc2ccc3[nH]ccc3c2)cc1)NCCCCCCNc1cccc2c1C(=O)N(C1CCC(=O)NC1=O)C2=O. The van der Waals surface area contributed by atoms with Gasteiger partial charge < -0.3 is 31.6 Å². The Morgan fingerprint density at radius 1 is 0.755 bits per heavy atom. The number of aromatic amines is 1. The molecule has 53 heavy (non-hydrogen) atoms. The van der Waals surface area contributed by atoms with Gasteiger partial charge in [-0.15, -0.1) is 0 Å². The van der Waals surface area contributed by atoms with Gasteiger partial charge in [0.25, 0.3) is 11.8 Å². The molecule has 3 heterocycles. The average molecular weight is 719 g/mol. The molecule has 0 aliphatic carbocycles. The Labute approximate surface area is 303 Å². The minimum Gasteiger partial charge on any atom is -0.384 e. The number of amides is 8. The number of anilines is 4. The molecule has 0 radical (unpaired) electrons. The zero-order valence-electron chi connectivity index (χ0n) is 28.6. The molecule has 7 N–H and O–H groups in total. The van der Waals surface area contributed by atoms with Crippen LogP contribution in [-0.4, -0.2) is 70.5 Å². The Hall–Kier alpha value is -6.77. The summed E-state index contributed by atoms with van der Waals surface area (Å²) in [5.74, 6) is -3.06. The van der Waals surface area contributed by atoms with E-state index in [-0.39, 0.29) is 24.0 Å². The summed E-state index contributed by atoms with van der Waals surface area (Å²) in [5.41, 5.74) is 3.59. The van der Waals surface area contributed by atoms with Crippen LogP contribution in [0.25, 0.3) is 10.9 Å². The highest BCUT2D eigenvalue weighted by atomic mass is 16.2. The van der Waals surface area contributed by atoms with E-state index in [1.54, 1.807) is 48.5 Å². The summed E-state index contributed by atoms with van der Waals surface area (Å²) in [6.07, 6.45) is 7.45. The number of aromatic nitrogens is 1. The molecule has 1 aromatic heterocycles. The van der Waals surface area contributed by atoms with E-state index in [0.717, 1.165) is 53.6 Å². The minimum absolute atomic E-state index is 0.0562. The molecule has 3 aromatic carbocycles. The predicted octanol–water partition coefficient (Wildman–Crippen LogP) is 4.50. The predicted molar refractivity (Wildman–Crippen MR) is 198 cm³/mol. The number of H-pyrrole nitrogens is 1. The molecule has 15 nitrogen and oxygen atoms in total. The van der Waals surface area contributed by atoms with Gasteiger partial charge in [-0.05, 0) is 79.9 Å². The maximum Gasteiger partial charge on any atom is 0.323 e. The van der Waals surface area contributed by atoms with Crippen molar-refractivity contribution in [3.05, 3.63) is 96.2 Å². The van der Waals surface area contributed by atoms with Gasteiger partial charge >= 0.3 is 6.03 Å². The lowest BCUT2D eigenvalue weighted by atomic mass is 10.0. The number of carbonyl (C=O) groups is 7. The van der Waals surface area contributed by atoms with Gasteiger partial charge in [-0.3, -0.25) is 39.0 Å². The van der Waals surface area contributed by atoms with Crippen LogP contribution in [0.5, 0.6) is 0 Å². The molecule has 8 amide bonds. The van der Waals surface area contributed by atoms with E-state index in [9.17, 15) is 33.6 Å². The van der Waals surface area contributed by atoms with Gasteiger partial charge in [0.2, 0.25) is 23.6 Å². The number of carbonyl (C=O) groups excluding carboxylic acids is 7. The van der Waals surface area contributed by atoms with Crippen molar-refractivity contribution in [3.8, 4) is 0 Å². The Balaban J connectivity index is 0.843. The van der Waals surface area contributed by atoms with Crippen LogP contribution < -0.4 is 31.9 Å². The molecule has 1 fully saturated rings. The summed E-state index contributed by atoms with van der Waals surface area (Å²) < 4.78 is 0. The Morgan fingerprint density at radius 3 is 2.23 bits per heavy atom. The van der Waals surface area contributed by atoms with Gasteiger partial charge in [-0.2, -0.15) is 0 Å². The van der Waals surface area contributed by atoms with Crippen LogP contribution in [0.4, 0.5) is 27.5 Å². The summed E-state index contributed by atoms with van der Waals surface area (Å²) in [7, 11) is 0. The molecule has 1 saturated heterocycles. The van der Waals surface area contributed by atoms with Crippen molar-refractivity contribution >= 4 is 75.1 Å². The highest BCUT2D eigenvalue weighted by Crippen LogP contribution is 2.32. The first-order chi connectivity index (χ1) is 25.7. The number of hydrogen-bond donors (Lipinski definition) is 7. The van der Waals surface area contributed by atoms with Crippen molar-refractivity contribution in [2.45, 2.75) is 44.6 Å². The number of imide groups is 2. The van der Waals surface area contributed by atoms with Crippen molar-refractivity contribution in [2.75, 3.05) is 34.4 Å². The van der Waals surface area contributed by atoms with E-state index in [1.807, 2.05) is 24.4 Å². The lowest BCUT2D eigenvalue weighted by Gasteiger charge is -2.27. The standard InChI is InChI=1S/C38H38N8O7/c47-31(16-17-32(48)42-24-8-10-25(11-9-24)43-38(53)44-26-12-13-28-23(22-26)18-21-40-28)41-20-4-2-1-3-19-39-29-7-5-6-27-34(29)37(52)46(36(27)51)30-14-15-33(49)45-35(30)50/h5-13,16-18,21-22,30,39-40H,1-4,14-15,19-20H2,(H,41,47)(H,42,48)(H2,43,44,53)(H,45,49,50)/b17-16+. The molecule has 15 heteroatoms. The van der Waals surface area contributed by atoms with Gasteiger partial charge in [0, 0.05) is 71.5 Å². The maximum atomic E-state index is 13.2. The fourth-order valence-corrected chi connectivity index (χ4v) is 6.16. The molecule has 1 atom stereocenters. The van der Waals surface area contributed by atoms with Crippen LogP contribution in [-0.2, 0) is 19.2 Å². The number of nitrogens with zero attached hydrogens (tertiary/aromatic N) is 1. The zero-order chi connectivity index (χ0) is 37.3. The molecule has 1 unspecified atom stereocenters. The number of nitrogens with one attached hydrogen (secondary N) is 7. The highest BCUT2D eigenvalue weighted by Gasteiger charge is 2.45. The van der Waals surface area contributed by atoms with Gasteiger partial charge in [-0.25, -0.2) is 4.79 Å². The van der Waals surface area contributed by atoms with Crippen molar-refractivity contribution in [2.24, 2.45) is 0 Å². The molecule has 6 rings (SSSR count). The van der Waals surface area contributed by atoms with Gasteiger partial charge in [-0.1, -0.05) is 18.9 Å². The molecule has 0 spiro atoms. The topological polar surface area (TPSA) is 211 Å². The number of unbranched alkanes of at least 4 members (excludes halogenated alkanes) is 3. The quantitative estimate of drug-likeness (QED) is 0.0560. The molecule has 2 aliphatic heterocycles. The van der Waals surface area contributed by atoms with Crippen LogP contribution in [0.3, 0.4) is 0 Å². The van der Waals surface area contributed by atoms with E-state index in [1.165, 1.54) is 0 Å². The molecule has 272 valence electrons. The summed E-state index contributed by atoms with van der Waals surface area (Å²) >= 11 is 0. The number of urea groups is 1. The van der Waals surface area contributed by atoms with E-state index >= 15 is 0 Å². The van der Waals surface area contributed by atoms with Crippen molar-refractivity contribution in [1.82, 2.24) is 20.5 Å². The normalized spacial score (nSPS) is 15.3. The smallest absolute Gasteiger partial charge is 0.323 e. The second-order valence-corrected chi connectivity index (χ2v) is 12.6. The van der Waals surface area contributed by atoms with Crippen LogP contribution in [0.15, 0.2) is 85.1 Å². The summed E-state index contributed by atoms with van der Waals surface area (Å²) in [6, 6.07) is 17.5. The average Bonchev–Trinajstić information content (AvgIpc) is 3.71. The lowest BCUT2D eigenvalue weighted by Crippen LogP contribution is -2.54. The van der Waals surface area contributed by atoms with Gasteiger partial charge in [0.15, 0.2) is 0 Å². The molecule has 4 aromatic rings. The largest absolute Gasteiger partial charge is 0.384 e. The fraction of sp³-hybridized carbons (Fsp3) is 0.237. The van der Waals surface area contributed by atoms with Crippen molar-refractivity contribution in [1.29, 1.82) is 0 Å². The third-order valence-corrected chi connectivity index (χ3v) is 8.79. The lowest BCUT2D eigenvalue weighted by molar-refractivity contribution is -0.136. The number of hydrogen-bond acceptors (Lipinski definition) is 8. The Morgan fingerprint density at radius 2 is 1.45 bits per heavy atom. The highest BCUT2D eigenvalue weighted by molar-refractivity contribution is 6.25. The first kappa shape index (κ1) is 36.0. The number of benzene rings is 3. The third kappa shape index (κ3) is 8.94. The number of piperidine rings is 1. The monoisotopic (exact) mass is 718 g/mol. The maximum absolute atomic E-state index is 13.2. The first-order valence-corrected chi connectivity index (χ1v) is 17.3. The zero-order valence-corrected chi connectivity index (χ0v) is 28.6. The fourth-order valence-electron chi connectivity index (χ4n) is 6.16. The van der Waals surface area contributed by atoms with Crippen LogP contribution >= 0.6 is 0 Å². The second kappa shape index (κ2) is 16.5. The molecule has 2 aliphatic rings. The molecular formula is C38H38N8O7.